The van der Waals surface area contributed by atoms with Crippen LogP contribution in [0.1, 0.15) is 25.7 Å². The molecular formula is C16H25N7. The monoisotopic (exact) mass is 315 g/mol. The van der Waals surface area contributed by atoms with E-state index in [9.17, 15) is 0 Å². The van der Waals surface area contributed by atoms with E-state index in [1.165, 1.54) is 25.7 Å². The molecule has 4 N–H and O–H groups in total. The van der Waals surface area contributed by atoms with Gasteiger partial charge in [-0.3, -0.25) is 10.9 Å². The Morgan fingerprint density at radius 2 is 2.04 bits per heavy atom. The van der Waals surface area contributed by atoms with Gasteiger partial charge in [0.25, 0.3) is 0 Å². The molecule has 3 aliphatic heterocycles. The van der Waals surface area contributed by atoms with Gasteiger partial charge in [-0.1, -0.05) is 0 Å². The van der Waals surface area contributed by atoms with Crippen molar-refractivity contribution in [1.82, 2.24) is 26.1 Å². The molecule has 5 atom stereocenters. The third-order valence-electron chi connectivity index (χ3n) is 5.95. The summed E-state index contributed by atoms with van der Waals surface area (Å²) in [5.41, 5.74) is 6.68. The molecule has 0 amide bonds. The number of hydrazine groups is 1. The number of piperazine rings is 1. The van der Waals surface area contributed by atoms with Crippen LogP contribution in [0.15, 0.2) is 12.3 Å². The highest BCUT2D eigenvalue weighted by Crippen LogP contribution is 2.33. The second-order valence-electron chi connectivity index (χ2n) is 7.40. The topological polar surface area (TPSA) is 77.1 Å². The van der Waals surface area contributed by atoms with Gasteiger partial charge >= 0.3 is 0 Å². The Balaban J connectivity index is 1.27. The molecule has 4 aliphatic rings. The minimum atomic E-state index is 0.526. The number of aromatic nitrogens is 2. The molecule has 23 heavy (non-hydrogen) atoms. The van der Waals surface area contributed by atoms with E-state index in [0.717, 1.165) is 37.3 Å². The average Bonchev–Trinajstić information content (AvgIpc) is 3.03. The first kappa shape index (κ1) is 13.9. The minimum Gasteiger partial charge on any atom is -0.367 e. The summed E-state index contributed by atoms with van der Waals surface area (Å²) < 4.78 is 0. The van der Waals surface area contributed by atoms with E-state index in [1.54, 1.807) is 0 Å². The van der Waals surface area contributed by atoms with Gasteiger partial charge in [0.1, 0.15) is 5.82 Å². The maximum absolute atomic E-state index is 4.80. The molecule has 1 aromatic rings. The number of hydrogen-bond acceptors (Lipinski definition) is 7. The first-order valence-electron chi connectivity index (χ1n) is 8.94. The van der Waals surface area contributed by atoms with Crippen molar-refractivity contribution in [3.63, 3.8) is 0 Å². The molecule has 4 fully saturated rings. The number of hydrogen-bond donors (Lipinski definition) is 4. The van der Waals surface area contributed by atoms with E-state index in [1.807, 2.05) is 12.3 Å². The lowest BCUT2D eigenvalue weighted by Gasteiger charge is -2.53. The van der Waals surface area contributed by atoms with E-state index in [-0.39, 0.29) is 0 Å². The predicted octanol–water partition coefficient (Wildman–Crippen LogP) is 0.0841. The summed E-state index contributed by atoms with van der Waals surface area (Å²) in [5.74, 6) is 2.62. The smallest absolute Gasteiger partial charge is 0.227 e. The van der Waals surface area contributed by atoms with Gasteiger partial charge in [-0.05, 0) is 37.7 Å². The van der Waals surface area contributed by atoms with Gasteiger partial charge in [0.05, 0.1) is 0 Å². The number of rotatable bonds is 3. The quantitative estimate of drug-likeness (QED) is 0.629. The van der Waals surface area contributed by atoms with Gasteiger partial charge in [0.2, 0.25) is 5.95 Å². The van der Waals surface area contributed by atoms with Crippen molar-refractivity contribution < 1.29 is 0 Å². The van der Waals surface area contributed by atoms with E-state index >= 15 is 0 Å². The zero-order valence-electron chi connectivity index (χ0n) is 13.3. The number of piperidine rings is 1. The highest BCUT2D eigenvalue weighted by Gasteiger charge is 2.43. The summed E-state index contributed by atoms with van der Waals surface area (Å²) in [6.45, 7) is 3.20. The molecule has 2 bridgehead atoms. The Morgan fingerprint density at radius 3 is 2.91 bits per heavy atom. The van der Waals surface area contributed by atoms with Gasteiger partial charge in [-0.25, -0.2) is 4.98 Å². The van der Waals surface area contributed by atoms with E-state index in [4.69, 9.17) is 4.98 Å². The molecule has 1 aliphatic carbocycles. The average molecular weight is 315 g/mol. The summed E-state index contributed by atoms with van der Waals surface area (Å²) in [5, 5.41) is 7.11. The molecule has 7 nitrogen and oxygen atoms in total. The van der Waals surface area contributed by atoms with Crippen molar-refractivity contribution in [3.8, 4) is 0 Å². The van der Waals surface area contributed by atoms with Crippen molar-refractivity contribution in [1.29, 1.82) is 0 Å². The summed E-state index contributed by atoms with van der Waals surface area (Å²) in [6, 6.07) is 4.35. The van der Waals surface area contributed by atoms with Crippen LogP contribution in [0.3, 0.4) is 0 Å². The van der Waals surface area contributed by atoms with Crippen molar-refractivity contribution in [2.75, 3.05) is 29.9 Å². The van der Waals surface area contributed by atoms with E-state index in [2.05, 4.69) is 31.4 Å². The zero-order chi connectivity index (χ0) is 15.2. The molecule has 1 aromatic heterocycles. The number of anilines is 2. The molecule has 124 valence electrons. The van der Waals surface area contributed by atoms with Crippen LogP contribution in [0, 0.1) is 5.92 Å². The van der Waals surface area contributed by atoms with E-state index < -0.39 is 0 Å². The molecule has 0 radical (unpaired) electrons. The van der Waals surface area contributed by atoms with Crippen molar-refractivity contribution in [2.24, 2.45) is 5.92 Å². The molecule has 4 heterocycles. The first-order valence-corrected chi connectivity index (χ1v) is 8.94. The molecule has 0 spiro atoms. The largest absolute Gasteiger partial charge is 0.367 e. The lowest BCUT2D eigenvalue weighted by atomic mass is 9.83. The standard InChI is InChI=1S/C16H25N7/c1-2-14-10(7-19-22-14)5-11(1)20-15-3-4-18-16(21-15)23-12-6-13(23)9-17-8-12/h3-4,10-14,17,19,22H,1-2,5-9H2,(H,18,20,21). The van der Waals surface area contributed by atoms with Crippen LogP contribution in [0.5, 0.6) is 0 Å². The van der Waals surface area contributed by atoms with Crippen molar-refractivity contribution in [2.45, 2.75) is 49.9 Å². The fourth-order valence-electron chi connectivity index (χ4n) is 4.70. The fraction of sp³-hybridized carbons (Fsp3) is 0.750. The van der Waals surface area contributed by atoms with Crippen molar-refractivity contribution in [3.05, 3.63) is 12.3 Å². The SMILES string of the molecule is c1cc(NC2CCC3NNCC3C2)nc(N2C3CNCC2C3)n1. The summed E-state index contributed by atoms with van der Waals surface area (Å²) in [4.78, 5) is 11.7. The summed E-state index contributed by atoms with van der Waals surface area (Å²) in [6.07, 6.45) is 6.82. The third-order valence-corrected chi connectivity index (χ3v) is 5.95. The summed E-state index contributed by atoms with van der Waals surface area (Å²) >= 11 is 0. The van der Waals surface area contributed by atoms with Gasteiger partial charge in [0, 0.05) is 50.0 Å². The number of nitrogens with one attached hydrogen (secondary N) is 4. The highest BCUT2D eigenvalue weighted by molar-refractivity contribution is 5.46. The van der Waals surface area contributed by atoms with Crippen LogP contribution < -0.4 is 26.4 Å². The van der Waals surface area contributed by atoms with Gasteiger partial charge in [-0.15, -0.1) is 0 Å². The van der Waals surface area contributed by atoms with E-state index in [0.29, 0.717) is 24.2 Å². The van der Waals surface area contributed by atoms with Crippen molar-refractivity contribution >= 4 is 11.8 Å². The Morgan fingerprint density at radius 1 is 1.13 bits per heavy atom. The molecular weight excluding hydrogens is 290 g/mol. The lowest BCUT2D eigenvalue weighted by molar-refractivity contribution is 0.258. The molecule has 7 heteroatoms. The Bertz CT molecular complexity index is 565. The van der Waals surface area contributed by atoms with Crippen LogP contribution in [0.4, 0.5) is 11.8 Å². The van der Waals surface area contributed by atoms with Gasteiger partial charge in [0.15, 0.2) is 0 Å². The van der Waals surface area contributed by atoms with Gasteiger partial charge < -0.3 is 15.5 Å². The predicted molar refractivity (Wildman–Crippen MR) is 89.3 cm³/mol. The molecule has 5 rings (SSSR count). The summed E-state index contributed by atoms with van der Waals surface area (Å²) in [7, 11) is 0. The zero-order valence-corrected chi connectivity index (χ0v) is 13.3. The Hall–Kier alpha value is -1.44. The maximum atomic E-state index is 4.80. The first-order chi connectivity index (χ1) is 11.4. The lowest BCUT2D eigenvalue weighted by Crippen LogP contribution is -2.68. The maximum Gasteiger partial charge on any atom is 0.227 e. The molecule has 5 unspecified atom stereocenters. The molecule has 3 saturated heterocycles. The Labute approximate surface area is 136 Å². The second-order valence-corrected chi connectivity index (χ2v) is 7.40. The molecule has 0 aromatic carbocycles. The number of nitrogens with zero attached hydrogens (tertiary/aromatic N) is 3. The normalized spacial score (nSPS) is 38.8. The van der Waals surface area contributed by atoms with Crippen LogP contribution in [0.2, 0.25) is 0 Å². The minimum absolute atomic E-state index is 0.526. The highest BCUT2D eigenvalue weighted by atomic mass is 15.4. The number of fused-ring (bicyclic) bond motifs is 3. The van der Waals surface area contributed by atoms with Crippen LogP contribution in [-0.4, -0.2) is 53.8 Å². The van der Waals surface area contributed by atoms with Crippen LogP contribution >= 0.6 is 0 Å². The Kier molecular flexibility index (Phi) is 3.38. The van der Waals surface area contributed by atoms with Gasteiger partial charge in [-0.2, -0.15) is 4.98 Å². The van der Waals surface area contributed by atoms with Crippen LogP contribution in [0.25, 0.3) is 0 Å². The second kappa shape index (κ2) is 5.58. The third kappa shape index (κ3) is 2.47. The van der Waals surface area contributed by atoms with Crippen LogP contribution in [-0.2, 0) is 0 Å². The fourth-order valence-corrected chi connectivity index (χ4v) is 4.70. The molecule has 1 saturated carbocycles.